The van der Waals surface area contributed by atoms with E-state index >= 15 is 0 Å². The first-order valence-electron chi connectivity index (χ1n) is 12.6. The number of amides is 1. The van der Waals surface area contributed by atoms with Crippen LogP contribution in [0.4, 0.5) is 0 Å². The summed E-state index contributed by atoms with van der Waals surface area (Å²) in [5.74, 6) is 1.56. The van der Waals surface area contributed by atoms with E-state index in [-0.39, 0.29) is 5.91 Å². The van der Waals surface area contributed by atoms with Gasteiger partial charge in [-0.2, -0.15) is 5.10 Å². The summed E-state index contributed by atoms with van der Waals surface area (Å²) in [6.45, 7) is 3.94. The number of carbonyl (C=O) groups excluding carboxylic acids is 1. The minimum absolute atomic E-state index is 0.0827. The molecule has 1 amide bonds. The Bertz CT molecular complexity index is 1210. The number of aromatic nitrogens is 2. The molecule has 0 spiro atoms. The van der Waals surface area contributed by atoms with E-state index in [0.717, 1.165) is 60.7 Å². The monoisotopic (exact) mass is 490 g/mol. The van der Waals surface area contributed by atoms with Crippen molar-refractivity contribution in [3.8, 4) is 11.5 Å². The molecule has 2 aliphatic heterocycles. The highest BCUT2D eigenvalue weighted by molar-refractivity contribution is 5.94. The predicted molar refractivity (Wildman–Crippen MR) is 136 cm³/mol. The Morgan fingerprint density at radius 2 is 1.83 bits per heavy atom. The summed E-state index contributed by atoms with van der Waals surface area (Å²) in [6.07, 6.45) is 1.90. The van der Waals surface area contributed by atoms with Crippen LogP contribution in [-0.4, -0.2) is 70.6 Å². The highest BCUT2D eigenvalue weighted by atomic mass is 16.5. The van der Waals surface area contributed by atoms with Gasteiger partial charge in [-0.15, -0.1) is 0 Å². The zero-order chi connectivity index (χ0) is 25.1. The molecule has 1 N–H and O–H groups in total. The lowest BCUT2D eigenvalue weighted by Gasteiger charge is -2.31. The van der Waals surface area contributed by atoms with Crippen LogP contribution < -0.4 is 9.47 Å². The molecule has 1 fully saturated rings. The number of benzene rings is 2. The number of aliphatic hydroxyl groups excluding tert-OH is 1. The summed E-state index contributed by atoms with van der Waals surface area (Å²) in [4.78, 5) is 17.7. The van der Waals surface area contributed by atoms with Crippen molar-refractivity contribution in [2.75, 3.05) is 33.9 Å². The first kappa shape index (κ1) is 24.3. The molecule has 8 heteroatoms. The fourth-order valence-electron chi connectivity index (χ4n) is 5.21. The zero-order valence-corrected chi connectivity index (χ0v) is 21.0. The molecule has 2 aromatic carbocycles. The van der Waals surface area contributed by atoms with Crippen molar-refractivity contribution in [2.24, 2.45) is 0 Å². The molecule has 0 bridgehead atoms. The van der Waals surface area contributed by atoms with Gasteiger partial charge in [-0.1, -0.05) is 24.3 Å². The minimum atomic E-state index is -0.469. The van der Waals surface area contributed by atoms with Gasteiger partial charge in [0.2, 0.25) is 0 Å². The van der Waals surface area contributed by atoms with Crippen LogP contribution in [0.25, 0.3) is 0 Å². The largest absolute Gasteiger partial charge is 0.497 e. The molecule has 1 saturated heterocycles. The Morgan fingerprint density at radius 1 is 1.03 bits per heavy atom. The molecule has 0 aliphatic carbocycles. The Morgan fingerprint density at radius 3 is 2.58 bits per heavy atom. The first-order chi connectivity index (χ1) is 17.5. The summed E-state index contributed by atoms with van der Waals surface area (Å²) in [5.41, 5.74) is 4.91. The predicted octanol–water partition coefficient (Wildman–Crippen LogP) is 3.10. The lowest BCUT2D eigenvalue weighted by atomic mass is 10.0. The normalized spacial score (nSPS) is 18.1. The molecule has 1 aromatic heterocycles. The fraction of sp³-hybridized carbons (Fsp3) is 0.429. The van der Waals surface area contributed by atoms with Gasteiger partial charge in [0.25, 0.3) is 5.91 Å². The Hall–Kier alpha value is -3.36. The van der Waals surface area contributed by atoms with Crippen LogP contribution in [0.5, 0.6) is 11.5 Å². The van der Waals surface area contributed by atoms with Crippen LogP contribution in [-0.2, 0) is 26.1 Å². The van der Waals surface area contributed by atoms with E-state index < -0.39 is 6.10 Å². The van der Waals surface area contributed by atoms with Gasteiger partial charge in [-0.25, -0.2) is 0 Å². The molecule has 3 heterocycles. The number of rotatable bonds is 7. The third-order valence-electron chi connectivity index (χ3n) is 7.13. The van der Waals surface area contributed by atoms with Gasteiger partial charge in [-0.05, 0) is 48.2 Å². The molecular formula is C28H34N4O4. The van der Waals surface area contributed by atoms with E-state index in [2.05, 4.69) is 23.1 Å². The van der Waals surface area contributed by atoms with Crippen molar-refractivity contribution in [1.29, 1.82) is 0 Å². The molecule has 8 nitrogen and oxygen atoms in total. The highest BCUT2D eigenvalue weighted by Crippen LogP contribution is 2.27. The zero-order valence-electron chi connectivity index (χ0n) is 21.0. The van der Waals surface area contributed by atoms with E-state index in [1.165, 1.54) is 5.56 Å². The lowest BCUT2D eigenvalue weighted by Crippen LogP contribution is -2.43. The van der Waals surface area contributed by atoms with Crippen molar-refractivity contribution in [1.82, 2.24) is 19.6 Å². The van der Waals surface area contributed by atoms with Gasteiger partial charge >= 0.3 is 0 Å². The Labute approximate surface area is 212 Å². The average Bonchev–Trinajstić information content (AvgIpc) is 3.26. The second-order valence-electron chi connectivity index (χ2n) is 9.64. The standard InChI is InChI=1S/C28H34N4O4/c1-35-23-10-8-20(9-11-23)16-30-14-12-26-25(19-30)27(28(34)31-13-4-6-22(33)18-31)29-32(26)17-21-5-3-7-24(15-21)36-2/h3,5,7-11,15,22,33H,4,6,12-14,16-19H2,1-2H3/t22-/m1/s1. The van der Waals surface area contributed by atoms with Crippen LogP contribution >= 0.6 is 0 Å². The fourth-order valence-corrected chi connectivity index (χ4v) is 5.21. The van der Waals surface area contributed by atoms with Crippen molar-refractivity contribution >= 4 is 5.91 Å². The number of methoxy groups -OCH3 is 2. The van der Waals surface area contributed by atoms with Crippen molar-refractivity contribution < 1.29 is 19.4 Å². The molecule has 1 atom stereocenters. The maximum Gasteiger partial charge on any atom is 0.274 e. The number of nitrogens with zero attached hydrogens (tertiary/aromatic N) is 4. The van der Waals surface area contributed by atoms with Crippen LogP contribution in [0.15, 0.2) is 48.5 Å². The first-order valence-corrected chi connectivity index (χ1v) is 12.6. The number of carbonyl (C=O) groups is 1. The summed E-state index contributed by atoms with van der Waals surface area (Å²) in [5, 5.41) is 15.0. The summed E-state index contributed by atoms with van der Waals surface area (Å²) in [7, 11) is 3.33. The lowest BCUT2D eigenvalue weighted by molar-refractivity contribution is 0.0466. The van der Waals surface area contributed by atoms with Crippen LogP contribution in [0.1, 0.15) is 45.7 Å². The van der Waals surface area contributed by atoms with Gasteiger partial charge in [0.1, 0.15) is 11.5 Å². The van der Waals surface area contributed by atoms with E-state index in [9.17, 15) is 9.90 Å². The average molecular weight is 491 g/mol. The molecular weight excluding hydrogens is 456 g/mol. The maximum atomic E-state index is 13.6. The smallest absolute Gasteiger partial charge is 0.274 e. The number of aliphatic hydroxyl groups is 1. The molecule has 0 saturated carbocycles. The van der Waals surface area contributed by atoms with Crippen molar-refractivity contribution in [2.45, 2.75) is 45.0 Å². The summed E-state index contributed by atoms with van der Waals surface area (Å²) >= 11 is 0. The second kappa shape index (κ2) is 10.7. The number of likely N-dealkylation sites (tertiary alicyclic amines) is 1. The second-order valence-corrected chi connectivity index (χ2v) is 9.64. The quantitative estimate of drug-likeness (QED) is 0.548. The summed E-state index contributed by atoms with van der Waals surface area (Å²) < 4.78 is 12.7. The molecule has 2 aliphatic rings. The number of piperidine rings is 1. The minimum Gasteiger partial charge on any atom is -0.497 e. The Kier molecular flexibility index (Phi) is 7.25. The summed E-state index contributed by atoms with van der Waals surface area (Å²) in [6, 6.07) is 16.1. The number of fused-ring (bicyclic) bond motifs is 1. The van der Waals surface area contributed by atoms with E-state index in [4.69, 9.17) is 14.6 Å². The third kappa shape index (κ3) is 5.24. The Balaban J connectivity index is 1.43. The van der Waals surface area contributed by atoms with Gasteiger partial charge in [0, 0.05) is 50.4 Å². The third-order valence-corrected chi connectivity index (χ3v) is 7.13. The number of β-amino-alcohol motifs (C(OH)–C–C–N with tert-alkyl or cyclic N) is 1. The van der Waals surface area contributed by atoms with Crippen LogP contribution in [0.3, 0.4) is 0 Å². The topological polar surface area (TPSA) is 80.1 Å². The highest BCUT2D eigenvalue weighted by Gasteiger charge is 2.32. The number of hydrogen-bond donors (Lipinski definition) is 1. The van der Waals surface area contributed by atoms with E-state index in [1.54, 1.807) is 19.1 Å². The SMILES string of the molecule is COc1ccc(CN2CCc3c(c(C(=O)N4CCC[C@@H](O)C4)nn3Cc3cccc(OC)c3)C2)cc1. The van der Waals surface area contributed by atoms with Crippen LogP contribution in [0, 0.1) is 0 Å². The van der Waals surface area contributed by atoms with Crippen LogP contribution in [0.2, 0.25) is 0 Å². The van der Waals surface area contributed by atoms with Gasteiger partial charge in [0.05, 0.1) is 26.9 Å². The van der Waals surface area contributed by atoms with Crippen molar-refractivity contribution in [3.63, 3.8) is 0 Å². The molecule has 5 rings (SSSR count). The molecule has 36 heavy (non-hydrogen) atoms. The van der Waals surface area contributed by atoms with Crippen molar-refractivity contribution in [3.05, 3.63) is 76.6 Å². The van der Waals surface area contributed by atoms with Gasteiger partial charge in [0.15, 0.2) is 5.69 Å². The molecule has 3 aromatic rings. The number of ether oxygens (including phenoxy) is 2. The maximum absolute atomic E-state index is 13.6. The molecule has 0 unspecified atom stereocenters. The van der Waals surface area contributed by atoms with E-state index in [1.807, 2.05) is 35.0 Å². The van der Waals surface area contributed by atoms with Gasteiger partial charge in [-0.3, -0.25) is 14.4 Å². The number of hydrogen-bond acceptors (Lipinski definition) is 6. The van der Waals surface area contributed by atoms with E-state index in [0.29, 0.717) is 31.9 Å². The van der Waals surface area contributed by atoms with Gasteiger partial charge < -0.3 is 19.5 Å². The molecule has 190 valence electrons. The molecule has 0 radical (unpaired) electrons.